The van der Waals surface area contributed by atoms with Crippen molar-refractivity contribution in [2.24, 2.45) is 0 Å². The van der Waals surface area contributed by atoms with Gasteiger partial charge in [-0.25, -0.2) is 4.98 Å². The molecule has 1 N–H and O–H groups in total. The van der Waals surface area contributed by atoms with E-state index >= 15 is 0 Å². The first-order valence-electron chi connectivity index (χ1n) is 5.48. The number of H-pyrrole nitrogens is 1. The lowest BCUT2D eigenvalue weighted by Crippen LogP contribution is -2.11. The molecule has 2 aromatic rings. The first-order valence-corrected chi connectivity index (χ1v) is 6.56. The zero-order valence-corrected chi connectivity index (χ0v) is 12.5. The maximum atomic E-state index is 11.5. The summed E-state index contributed by atoms with van der Waals surface area (Å²) in [7, 11) is 0. The molecule has 0 aliphatic carbocycles. The molecule has 4 nitrogen and oxygen atoms in total. The third-order valence-corrected chi connectivity index (χ3v) is 3.69. The molecule has 0 aliphatic heterocycles. The van der Waals surface area contributed by atoms with Crippen LogP contribution in [-0.4, -0.2) is 9.97 Å². The standard InChI is InChI=1S/C13H13IN2O2/c1-7-4-8(2)9(3)10(5-7)18-13-11(14)12(17)15-6-16-13/h4-6H,1-3H3,(H,15,16,17). The fourth-order valence-corrected chi connectivity index (χ4v) is 2.05. The summed E-state index contributed by atoms with van der Waals surface area (Å²) >= 11 is 1.93. The van der Waals surface area contributed by atoms with E-state index in [2.05, 4.69) is 16.0 Å². The highest BCUT2D eigenvalue weighted by atomic mass is 127. The Morgan fingerprint density at radius 3 is 2.72 bits per heavy atom. The van der Waals surface area contributed by atoms with E-state index < -0.39 is 0 Å². The average Bonchev–Trinajstić information content (AvgIpc) is 2.31. The third kappa shape index (κ3) is 2.55. The third-order valence-electron chi connectivity index (χ3n) is 2.74. The van der Waals surface area contributed by atoms with Crippen molar-refractivity contribution in [3.63, 3.8) is 0 Å². The number of hydrogen-bond donors (Lipinski definition) is 1. The number of nitrogens with one attached hydrogen (secondary N) is 1. The molecule has 0 amide bonds. The Labute approximate surface area is 119 Å². The van der Waals surface area contributed by atoms with Gasteiger partial charge in [0, 0.05) is 0 Å². The number of halogens is 1. The zero-order chi connectivity index (χ0) is 13.3. The largest absolute Gasteiger partial charge is 0.437 e. The van der Waals surface area contributed by atoms with Gasteiger partial charge in [-0.2, -0.15) is 0 Å². The summed E-state index contributed by atoms with van der Waals surface area (Å²) in [6.07, 6.45) is 1.35. The van der Waals surface area contributed by atoms with Crippen LogP contribution in [0.3, 0.4) is 0 Å². The minimum atomic E-state index is -0.192. The maximum Gasteiger partial charge on any atom is 0.268 e. The van der Waals surface area contributed by atoms with Crippen molar-refractivity contribution in [1.29, 1.82) is 0 Å². The molecule has 0 saturated heterocycles. The van der Waals surface area contributed by atoms with Gasteiger partial charge in [-0.3, -0.25) is 4.79 Å². The molecule has 94 valence electrons. The van der Waals surface area contributed by atoms with Crippen molar-refractivity contribution in [2.45, 2.75) is 20.8 Å². The Bertz CT molecular complexity index is 650. The first-order chi connectivity index (χ1) is 8.49. The van der Waals surface area contributed by atoms with E-state index in [-0.39, 0.29) is 5.56 Å². The molecule has 0 bridgehead atoms. The van der Waals surface area contributed by atoms with Crippen molar-refractivity contribution in [3.8, 4) is 11.6 Å². The average molecular weight is 356 g/mol. The minimum Gasteiger partial charge on any atom is -0.437 e. The van der Waals surface area contributed by atoms with Gasteiger partial charge >= 0.3 is 0 Å². The number of ether oxygens (including phenoxy) is 1. The fourth-order valence-electron chi connectivity index (χ4n) is 1.65. The van der Waals surface area contributed by atoms with Crippen LogP contribution in [0.1, 0.15) is 16.7 Å². The summed E-state index contributed by atoms with van der Waals surface area (Å²) in [6, 6.07) is 4.04. The second-order valence-corrected chi connectivity index (χ2v) is 5.24. The molecule has 0 aliphatic rings. The number of aromatic amines is 1. The second-order valence-electron chi connectivity index (χ2n) is 4.16. The van der Waals surface area contributed by atoms with Crippen LogP contribution in [0.2, 0.25) is 0 Å². The van der Waals surface area contributed by atoms with E-state index in [9.17, 15) is 4.79 Å². The van der Waals surface area contributed by atoms with E-state index in [4.69, 9.17) is 4.74 Å². The van der Waals surface area contributed by atoms with Crippen LogP contribution in [0, 0.1) is 24.3 Å². The SMILES string of the molecule is Cc1cc(C)c(C)c(Oc2nc[nH]c(=O)c2I)c1. The Morgan fingerprint density at radius 1 is 1.28 bits per heavy atom. The molecule has 18 heavy (non-hydrogen) atoms. The van der Waals surface area contributed by atoms with Crippen molar-refractivity contribution in [3.05, 3.63) is 49.1 Å². The van der Waals surface area contributed by atoms with Gasteiger partial charge in [-0.15, -0.1) is 0 Å². The molecule has 0 radical (unpaired) electrons. The van der Waals surface area contributed by atoms with Crippen LogP contribution in [0.4, 0.5) is 0 Å². The van der Waals surface area contributed by atoms with Crippen molar-refractivity contribution in [1.82, 2.24) is 9.97 Å². The number of rotatable bonds is 2. The molecule has 0 unspecified atom stereocenters. The van der Waals surface area contributed by atoms with E-state index in [0.29, 0.717) is 9.45 Å². The van der Waals surface area contributed by atoms with Crippen LogP contribution in [0.15, 0.2) is 23.3 Å². The number of aromatic nitrogens is 2. The van der Waals surface area contributed by atoms with E-state index in [0.717, 1.165) is 22.4 Å². The van der Waals surface area contributed by atoms with Gasteiger partial charge in [-0.1, -0.05) is 6.07 Å². The molecular formula is C13H13IN2O2. The van der Waals surface area contributed by atoms with Crippen molar-refractivity contribution >= 4 is 22.6 Å². The smallest absolute Gasteiger partial charge is 0.268 e. The molecule has 0 spiro atoms. The molecule has 0 saturated carbocycles. The van der Waals surface area contributed by atoms with Crippen molar-refractivity contribution < 1.29 is 4.74 Å². The number of aryl methyl sites for hydroxylation is 2. The van der Waals surface area contributed by atoms with Gasteiger partial charge in [-0.05, 0) is 66.1 Å². The summed E-state index contributed by atoms with van der Waals surface area (Å²) in [6.45, 7) is 6.03. The summed E-state index contributed by atoms with van der Waals surface area (Å²) in [5, 5.41) is 0. The normalized spacial score (nSPS) is 10.4. The molecule has 0 fully saturated rings. The van der Waals surface area contributed by atoms with Crippen LogP contribution in [-0.2, 0) is 0 Å². The van der Waals surface area contributed by atoms with Gasteiger partial charge in [0.05, 0.1) is 6.33 Å². The summed E-state index contributed by atoms with van der Waals surface area (Å²) < 4.78 is 6.20. The molecule has 0 atom stereocenters. The highest BCUT2D eigenvalue weighted by Crippen LogP contribution is 2.28. The Kier molecular flexibility index (Phi) is 3.70. The quantitative estimate of drug-likeness (QED) is 0.842. The van der Waals surface area contributed by atoms with Gasteiger partial charge in [0.15, 0.2) is 0 Å². The highest BCUT2D eigenvalue weighted by Gasteiger charge is 2.10. The minimum absolute atomic E-state index is 0.192. The summed E-state index contributed by atoms with van der Waals surface area (Å²) in [5.41, 5.74) is 3.14. The molecule has 1 aromatic carbocycles. The van der Waals surface area contributed by atoms with Crippen LogP contribution >= 0.6 is 22.6 Å². The Balaban J connectivity index is 2.46. The number of nitrogens with zero attached hydrogens (tertiary/aromatic N) is 1. The van der Waals surface area contributed by atoms with E-state index in [1.165, 1.54) is 6.33 Å². The molecule has 5 heteroatoms. The number of hydrogen-bond acceptors (Lipinski definition) is 3. The van der Waals surface area contributed by atoms with Crippen LogP contribution in [0.25, 0.3) is 0 Å². The molecule has 1 heterocycles. The van der Waals surface area contributed by atoms with Crippen LogP contribution in [0.5, 0.6) is 11.6 Å². The second kappa shape index (κ2) is 5.09. The van der Waals surface area contributed by atoms with Gasteiger partial charge < -0.3 is 9.72 Å². The van der Waals surface area contributed by atoms with Gasteiger partial charge in [0.1, 0.15) is 9.32 Å². The zero-order valence-electron chi connectivity index (χ0n) is 10.4. The highest BCUT2D eigenvalue weighted by molar-refractivity contribution is 14.1. The lowest BCUT2D eigenvalue weighted by molar-refractivity contribution is 0.452. The molecular weight excluding hydrogens is 343 g/mol. The topological polar surface area (TPSA) is 55.0 Å². The molecule has 1 aromatic heterocycles. The Hall–Kier alpha value is -1.37. The Morgan fingerprint density at radius 2 is 2.00 bits per heavy atom. The lowest BCUT2D eigenvalue weighted by Gasteiger charge is -2.11. The monoisotopic (exact) mass is 356 g/mol. The fraction of sp³-hybridized carbons (Fsp3) is 0.231. The van der Waals surface area contributed by atoms with Crippen LogP contribution < -0.4 is 10.3 Å². The predicted molar refractivity (Wildman–Crippen MR) is 78.3 cm³/mol. The van der Waals surface area contributed by atoms with Gasteiger partial charge in [0.2, 0.25) is 5.88 Å². The van der Waals surface area contributed by atoms with E-state index in [1.807, 2.05) is 49.4 Å². The van der Waals surface area contributed by atoms with Gasteiger partial charge in [0.25, 0.3) is 5.56 Å². The summed E-state index contributed by atoms with van der Waals surface area (Å²) in [5.74, 6) is 1.08. The molecule has 2 rings (SSSR count). The first kappa shape index (κ1) is 13.1. The summed E-state index contributed by atoms with van der Waals surface area (Å²) in [4.78, 5) is 18.0. The maximum absolute atomic E-state index is 11.5. The lowest BCUT2D eigenvalue weighted by atomic mass is 10.1. The van der Waals surface area contributed by atoms with E-state index in [1.54, 1.807) is 0 Å². The van der Waals surface area contributed by atoms with Crippen molar-refractivity contribution in [2.75, 3.05) is 0 Å². The number of benzene rings is 1. The predicted octanol–water partition coefficient (Wildman–Crippen LogP) is 3.09.